The van der Waals surface area contributed by atoms with Crippen molar-refractivity contribution in [3.63, 3.8) is 0 Å². The Hall–Kier alpha value is -3.13. The van der Waals surface area contributed by atoms with Crippen molar-refractivity contribution in [1.29, 1.82) is 0 Å². The summed E-state index contributed by atoms with van der Waals surface area (Å²) < 4.78 is 18.6. The number of halogens is 2. The van der Waals surface area contributed by atoms with Gasteiger partial charge in [0.05, 0.1) is 10.9 Å². The first-order chi connectivity index (χ1) is 14.9. The van der Waals surface area contributed by atoms with Crippen LogP contribution in [-0.4, -0.2) is 37.4 Å². The summed E-state index contributed by atoms with van der Waals surface area (Å²) in [5.41, 5.74) is 1.02. The third-order valence-electron chi connectivity index (χ3n) is 4.77. The first-order valence-corrected chi connectivity index (χ1v) is 10.3. The predicted octanol–water partition coefficient (Wildman–Crippen LogP) is 3.38. The van der Waals surface area contributed by atoms with Gasteiger partial charge in [0.25, 0.3) is 5.91 Å². The molecule has 1 saturated heterocycles. The van der Waals surface area contributed by atoms with E-state index in [4.69, 9.17) is 16.3 Å². The Morgan fingerprint density at radius 1 is 1.23 bits per heavy atom. The molecule has 3 amide bonds. The lowest BCUT2D eigenvalue weighted by molar-refractivity contribution is -0.126. The molecule has 1 aliphatic rings. The van der Waals surface area contributed by atoms with Crippen molar-refractivity contribution in [1.82, 2.24) is 5.32 Å². The molecule has 1 fully saturated rings. The molecule has 0 unspecified atom stereocenters. The molecule has 2 aromatic rings. The number of hydrogen-bond acceptors (Lipinski definition) is 4. The van der Waals surface area contributed by atoms with Gasteiger partial charge in [0.2, 0.25) is 11.8 Å². The highest BCUT2D eigenvalue weighted by molar-refractivity contribution is 6.31. The van der Waals surface area contributed by atoms with Gasteiger partial charge in [-0.05, 0) is 48.9 Å². The topological polar surface area (TPSA) is 87.7 Å². The van der Waals surface area contributed by atoms with Crippen LogP contribution in [0.4, 0.5) is 15.8 Å². The fourth-order valence-electron chi connectivity index (χ4n) is 3.17. The SMILES string of the molecule is CCCNC(=O)[C@@H]1CC(=O)N(c2ccc(OCC(=O)Nc3ccc(F)c(Cl)c3)cc2)C1. The smallest absolute Gasteiger partial charge is 0.262 e. The van der Waals surface area contributed by atoms with E-state index in [9.17, 15) is 18.8 Å². The Morgan fingerprint density at radius 2 is 1.97 bits per heavy atom. The minimum atomic E-state index is -0.569. The molecule has 0 radical (unpaired) electrons. The predicted molar refractivity (Wildman–Crippen MR) is 116 cm³/mol. The maximum atomic E-state index is 13.2. The normalized spacial score (nSPS) is 15.6. The molecule has 0 saturated carbocycles. The first kappa shape index (κ1) is 22.6. The zero-order valence-corrected chi connectivity index (χ0v) is 17.7. The van der Waals surface area contributed by atoms with Crippen molar-refractivity contribution in [2.24, 2.45) is 5.92 Å². The molecule has 1 atom stereocenters. The second-order valence-corrected chi connectivity index (χ2v) is 7.56. The van der Waals surface area contributed by atoms with Crippen molar-refractivity contribution in [3.8, 4) is 5.75 Å². The van der Waals surface area contributed by atoms with E-state index < -0.39 is 11.7 Å². The molecule has 0 spiro atoms. The van der Waals surface area contributed by atoms with Crippen molar-refractivity contribution < 1.29 is 23.5 Å². The van der Waals surface area contributed by atoms with Crippen LogP contribution >= 0.6 is 11.6 Å². The first-order valence-electron chi connectivity index (χ1n) is 9.93. The number of carbonyl (C=O) groups excluding carboxylic acids is 3. The number of rotatable bonds is 8. The lowest BCUT2D eigenvalue weighted by Crippen LogP contribution is -2.33. The van der Waals surface area contributed by atoms with E-state index in [2.05, 4.69) is 10.6 Å². The largest absolute Gasteiger partial charge is 0.484 e. The van der Waals surface area contributed by atoms with Crippen molar-refractivity contribution in [2.75, 3.05) is 29.9 Å². The molecular weight excluding hydrogens is 425 g/mol. The summed E-state index contributed by atoms with van der Waals surface area (Å²) in [6, 6.07) is 10.6. The highest BCUT2D eigenvalue weighted by Crippen LogP contribution is 2.27. The Bertz CT molecular complexity index is 968. The van der Waals surface area contributed by atoms with E-state index in [-0.39, 0.29) is 35.8 Å². The van der Waals surface area contributed by atoms with Gasteiger partial charge in [-0.3, -0.25) is 14.4 Å². The number of benzene rings is 2. The van der Waals surface area contributed by atoms with Crippen LogP contribution in [0, 0.1) is 11.7 Å². The second kappa shape index (κ2) is 10.3. The maximum Gasteiger partial charge on any atom is 0.262 e. The highest BCUT2D eigenvalue weighted by atomic mass is 35.5. The summed E-state index contributed by atoms with van der Waals surface area (Å²) in [6.45, 7) is 2.64. The van der Waals surface area contributed by atoms with Gasteiger partial charge in [0.15, 0.2) is 6.61 Å². The van der Waals surface area contributed by atoms with E-state index in [1.165, 1.54) is 12.1 Å². The lowest BCUT2D eigenvalue weighted by atomic mass is 10.1. The molecule has 0 aliphatic carbocycles. The van der Waals surface area contributed by atoms with Crippen molar-refractivity contribution >= 4 is 40.7 Å². The minimum Gasteiger partial charge on any atom is -0.484 e. The van der Waals surface area contributed by atoms with E-state index >= 15 is 0 Å². The summed E-state index contributed by atoms with van der Waals surface area (Å²) in [5, 5.41) is 5.30. The van der Waals surface area contributed by atoms with Crippen molar-refractivity contribution in [2.45, 2.75) is 19.8 Å². The average Bonchev–Trinajstić information content (AvgIpc) is 3.15. The fraction of sp³-hybridized carbons (Fsp3) is 0.318. The molecule has 7 nitrogen and oxygen atoms in total. The number of carbonyl (C=O) groups is 3. The lowest BCUT2D eigenvalue weighted by Gasteiger charge is -2.17. The number of ether oxygens (including phenoxy) is 1. The Morgan fingerprint density at radius 3 is 2.65 bits per heavy atom. The summed E-state index contributed by atoms with van der Waals surface area (Å²) in [6.07, 6.45) is 1.02. The van der Waals surface area contributed by atoms with Crippen LogP contribution in [-0.2, 0) is 14.4 Å². The van der Waals surface area contributed by atoms with E-state index in [0.717, 1.165) is 12.5 Å². The fourth-order valence-corrected chi connectivity index (χ4v) is 3.35. The molecule has 2 N–H and O–H groups in total. The van der Waals surface area contributed by atoms with Crippen LogP contribution in [0.25, 0.3) is 0 Å². The van der Waals surface area contributed by atoms with Gasteiger partial charge in [-0.2, -0.15) is 0 Å². The van der Waals surface area contributed by atoms with Gasteiger partial charge in [-0.25, -0.2) is 4.39 Å². The molecule has 1 heterocycles. The third-order valence-corrected chi connectivity index (χ3v) is 5.06. The van der Waals surface area contributed by atoms with Crippen LogP contribution in [0.15, 0.2) is 42.5 Å². The van der Waals surface area contributed by atoms with Gasteiger partial charge >= 0.3 is 0 Å². The van der Waals surface area contributed by atoms with E-state index in [1.54, 1.807) is 29.2 Å². The molecule has 31 heavy (non-hydrogen) atoms. The maximum absolute atomic E-state index is 13.2. The van der Waals surface area contributed by atoms with Crippen LogP contribution in [0.5, 0.6) is 5.75 Å². The van der Waals surface area contributed by atoms with Crippen molar-refractivity contribution in [3.05, 3.63) is 53.3 Å². The molecule has 164 valence electrons. The Labute approximate surface area is 184 Å². The summed E-state index contributed by atoms with van der Waals surface area (Å²) in [7, 11) is 0. The Balaban J connectivity index is 1.52. The number of amides is 3. The summed E-state index contributed by atoms with van der Waals surface area (Å²) in [5.74, 6) is -1.13. The number of nitrogens with one attached hydrogen (secondary N) is 2. The quantitative estimate of drug-likeness (QED) is 0.649. The summed E-state index contributed by atoms with van der Waals surface area (Å²) in [4.78, 5) is 38.0. The Kier molecular flexibility index (Phi) is 7.46. The van der Waals surface area contributed by atoms with Gasteiger partial charge in [0.1, 0.15) is 11.6 Å². The second-order valence-electron chi connectivity index (χ2n) is 7.16. The molecule has 2 aromatic carbocycles. The standard InChI is InChI=1S/C22H23ClFN3O4/c1-2-9-25-22(30)14-10-21(29)27(12-14)16-4-6-17(7-5-16)31-13-20(28)26-15-3-8-19(24)18(23)11-15/h3-8,11,14H,2,9-10,12-13H2,1H3,(H,25,30)(H,26,28)/t14-/m1/s1. The molecular formula is C22H23ClFN3O4. The average molecular weight is 448 g/mol. The van der Waals surface area contributed by atoms with Crippen LogP contribution in [0.2, 0.25) is 5.02 Å². The minimum absolute atomic E-state index is 0.0872. The molecule has 0 bridgehead atoms. The zero-order chi connectivity index (χ0) is 22.4. The number of hydrogen-bond donors (Lipinski definition) is 2. The monoisotopic (exact) mass is 447 g/mol. The van der Waals surface area contributed by atoms with Gasteiger partial charge in [-0.1, -0.05) is 18.5 Å². The van der Waals surface area contributed by atoms with Crippen LogP contribution in [0.3, 0.4) is 0 Å². The van der Waals surface area contributed by atoms with E-state index in [1.807, 2.05) is 6.92 Å². The van der Waals surface area contributed by atoms with Crippen LogP contribution < -0.4 is 20.3 Å². The number of nitrogens with zero attached hydrogens (tertiary/aromatic N) is 1. The van der Waals surface area contributed by atoms with Gasteiger partial charge in [0, 0.05) is 30.9 Å². The molecule has 3 rings (SSSR count). The zero-order valence-electron chi connectivity index (χ0n) is 17.0. The third kappa shape index (κ3) is 5.95. The number of anilines is 2. The van der Waals surface area contributed by atoms with E-state index in [0.29, 0.717) is 30.2 Å². The molecule has 0 aromatic heterocycles. The molecule has 9 heteroatoms. The van der Waals surface area contributed by atoms with Crippen LogP contribution in [0.1, 0.15) is 19.8 Å². The molecule has 1 aliphatic heterocycles. The van der Waals surface area contributed by atoms with Gasteiger partial charge in [-0.15, -0.1) is 0 Å². The highest BCUT2D eigenvalue weighted by Gasteiger charge is 2.34. The summed E-state index contributed by atoms with van der Waals surface area (Å²) >= 11 is 5.69. The van der Waals surface area contributed by atoms with Gasteiger partial charge < -0.3 is 20.3 Å².